The van der Waals surface area contributed by atoms with E-state index in [9.17, 15) is 21.6 Å². The van der Waals surface area contributed by atoms with Crippen LogP contribution in [0.3, 0.4) is 0 Å². The number of anilines is 1. The Hall–Kier alpha value is -1.32. The summed E-state index contributed by atoms with van der Waals surface area (Å²) in [6.07, 6.45) is -2.25. The van der Waals surface area contributed by atoms with E-state index in [-0.39, 0.29) is 5.69 Å². The minimum atomic E-state index is -4.59. The molecule has 0 heterocycles. The first-order chi connectivity index (χ1) is 9.73. The summed E-state index contributed by atoms with van der Waals surface area (Å²) in [6.45, 7) is -0.921. The van der Waals surface area contributed by atoms with Crippen molar-refractivity contribution in [2.75, 3.05) is 11.3 Å². The van der Waals surface area contributed by atoms with Crippen LogP contribution in [0.4, 0.5) is 18.9 Å². The second kappa shape index (κ2) is 6.20. The Morgan fingerprint density at radius 3 is 2.29 bits per heavy atom. The number of rotatable bonds is 7. The van der Waals surface area contributed by atoms with Crippen LogP contribution in [0.1, 0.15) is 18.4 Å². The first-order valence-electron chi connectivity index (χ1n) is 6.40. The molecule has 0 saturated heterocycles. The molecule has 0 radical (unpaired) electrons. The van der Waals surface area contributed by atoms with Crippen LogP contribution in [0.5, 0.6) is 0 Å². The monoisotopic (exact) mass is 323 g/mol. The zero-order valence-electron chi connectivity index (χ0n) is 11.1. The highest BCUT2D eigenvalue weighted by Crippen LogP contribution is 2.19. The lowest BCUT2D eigenvalue weighted by Gasteiger charge is -2.11. The number of alkyl halides is 3. The highest BCUT2D eigenvalue weighted by Gasteiger charge is 2.29. The van der Waals surface area contributed by atoms with Crippen LogP contribution in [-0.4, -0.2) is 27.2 Å². The standard InChI is InChI=1S/C12H16F3N3O2S/c13-12(14,15)8-17-21(19,20)18-11-3-1-9(2-4-11)7-16-10-5-6-10/h1-4,10,16-18H,5-8H2. The number of hydrogen-bond donors (Lipinski definition) is 3. The molecule has 9 heteroatoms. The first kappa shape index (κ1) is 16.1. The van der Waals surface area contributed by atoms with Crippen LogP contribution in [0.25, 0.3) is 0 Å². The smallest absolute Gasteiger partial charge is 0.310 e. The van der Waals surface area contributed by atoms with E-state index >= 15 is 0 Å². The van der Waals surface area contributed by atoms with Crippen molar-refractivity contribution in [1.29, 1.82) is 0 Å². The number of benzene rings is 1. The summed E-state index contributed by atoms with van der Waals surface area (Å²) in [7, 11) is -4.23. The molecule has 1 aromatic carbocycles. The molecule has 5 nitrogen and oxygen atoms in total. The van der Waals surface area contributed by atoms with E-state index in [4.69, 9.17) is 0 Å². The van der Waals surface area contributed by atoms with E-state index in [0.717, 1.165) is 5.56 Å². The third kappa shape index (κ3) is 6.32. The Kier molecular flexibility index (Phi) is 4.74. The molecule has 1 aromatic rings. The molecule has 1 aliphatic rings. The molecule has 118 valence electrons. The van der Waals surface area contributed by atoms with Gasteiger partial charge in [-0.25, -0.2) is 0 Å². The molecule has 0 unspecified atom stereocenters. The second-order valence-electron chi connectivity index (χ2n) is 4.89. The summed E-state index contributed by atoms with van der Waals surface area (Å²) in [6, 6.07) is 7.02. The Morgan fingerprint density at radius 1 is 1.14 bits per heavy atom. The van der Waals surface area contributed by atoms with Crippen molar-refractivity contribution in [2.24, 2.45) is 0 Å². The minimum absolute atomic E-state index is 0.208. The summed E-state index contributed by atoms with van der Waals surface area (Å²) in [5, 5.41) is 3.30. The normalized spacial score (nSPS) is 16.0. The van der Waals surface area contributed by atoms with Crippen molar-refractivity contribution in [3.05, 3.63) is 29.8 Å². The third-order valence-corrected chi connectivity index (χ3v) is 3.87. The summed E-state index contributed by atoms with van der Waals surface area (Å²) >= 11 is 0. The number of nitrogens with one attached hydrogen (secondary N) is 3. The van der Waals surface area contributed by atoms with E-state index in [0.29, 0.717) is 12.6 Å². The molecule has 1 aliphatic carbocycles. The Bertz CT molecular complexity index is 568. The van der Waals surface area contributed by atoms with Crippen molar-refractivity contribution in [3.63, 3.8) is 0 Å². The molecular formula is C12H16F3N3O2S. The van der Waals surface area contributed by atoms with E-state index in [1.54, 1.807) is 12.1 Å². The van der Waals surface area contributed by atoms with Crippen LogP contribution in [0.2, 0.25) is 0 Å². The van der Waals surface area contributed by atoms with E-state index in [2.05, 4.69) is 5.32 Å². The molecule has 1 fully saturated rings. The van der Waals surface area contributed by atoms with Crippen molar-refractivity contribution in [3.8, 4) is 0 Å². The molecule has 0 bridgehead atoms. The lowest BCUT2D eigenvalue weighted by molar-refractivity contribution is -0.121. The van der Waals surface area contributed by atoms with Crippen LogP contribution < -0.4 is 14.8 Å². The van der Waals surface area contributed by atoms with Gasteiger partial charge in [0, 0.05) is 18.3 Å². The highest BCUT2D eigenvalue weighted by atomic mass is 32.2. The summed E-state index contributed by atoms with van der Waals surface area (Å²) in [4.78, 5) is 0. The summed E-state index contributed by atoms with van der Waals surface area (Å²) in [5.74, 6) is 0. The number of hydrogen-bond acceptors (Lipinski definition) is 3. The maximum atomic E-state index is 12.0. The summed E-state index contributed by atoms with van der Waals surface area (Å²) < 4.78 is 62.2. The molecule has 2 rings (SSSR count). The predicted octanol–water partition coefficient (Wildman–Crippen LogP) is 1.75. The minimum Gasteiger partial charge on any atom is -0.310 e. The molecule has 0 amide bonds. The fourth-order valence-corrected chi connectivity index (χ4v) is 2.48. The van der Waals surface area contributed by atoms with Crippen molar-refractivity contribution in [1.82, 2.24) is 10.0 Å². The van der Waals surface area contributed by atoms with Gasteiger partial charge in [-0.2, -0.15) is 26.3 Å². The van der Waals surface area contributed by atoms with Gasteiger partial charge in [0.05, 0.1) is 0 Å². The average molecular weight is 323 g/mol. The highest BCUT2D eigenvalue weighted by molar-refractivity contribution is 7.90. The molecule has 1 saturated carbocycles. The van der Waals surface area contributed by atoms with E-state index in [1.807, 2.05) is 4.72 Å². The Morgan fingerprint density at radius 2 is 1.76 bits per heavy atom. The first-order valence-corrected chi connectivity index (χ1v) is 7.88. The van der Waals surface area contributed by atoms with Gasteiger partial charge >= 0.3 is 6.18 Å². The fourth-order valence-electron chi connectivity index (χ4n) is 1.61. The molecule has 21 heavy (non-hydrogen) atoms. The van der Waals surface area contributed by atoms with Gasteiger partial charge < -0.3 is 5.32 Å². The SMILES string of the molecule is O=S(=O)(NCC(F)(F)F)Nc1ccc(CNC2CC2)cc1. The second-order valence-corrected chi connectivity index (χ2v) is 6.39. The van der Waals surface area contributed by atoms with Gasteiger partial charge in [-0.15, -0.1) is 0 Å². The van der Waals surface area contributed by atoms with Gasteiger partial charge in [-0.1, -0.05) is 12.1 Å². The molecule has 0 aliphatic heterocycles. The maximum Gasteiger partial charge on any atom is 0.402 e. The topological polar surface area (TPSA) is 70.2 Å². The van der Waals surface area contributed by atoms with Gasteiger partial charge in [-0.05, 0) is 30.5 Å². The quantitative estimate of drug-likeness (QED) is 0.716. The summed E-state index contributed by atoms with van der Waals surface area (Å²) in [5.41, 5.74) is 1.19. The van der Waals surface area contributed by atoms with Gasteiger partial charge in [0.15, 0.2) is 0 Å². The molecule has 0 spiro atoms. The average Bonchev–Trinajstić information content (AvgIpc) is 3.19. The zero-order valence-corrected chi connectivity index (χ0v) is 11.9. The van der Waals surface area contributed by atoms with Gasteiger partial charge in [0.1, 0.15) is 6.54 Å². The van der Waals surface area contributed by atoms with Crippen LogP contribution in [0, 0.1) is 0 Å². The Labute approximate surface area is 121 Å². The largest absolute Gasteiger partial charge is 0.402 e. The molecular weight excluding hydrogens is 307 g/mol. The molecule has 0 atom stereocenters. The zero-order chi connectivity index (χ0) is 15.5. The third-order valence-electron chi connectivity index (χ3n) is 2.84. The van der Waals surface area contributed by atoms with Crippen LogP contribution in [-0.2, 0) is 16.8 Å². The van der Waals surface area contributed by atoms with E-state index in [1.165, 1.54) is 29.7 Å². The lowest BCUT2D eigenvalue weighted by Crippen LogP contribution is -2.37. The van der Waals surface area contributed by atoms with Gasteiger partial charge in [-0.3, -0.25) is 4.72 Å². The predicted molar refractivity (Wildman–Crippen MR) is 72.9 cm³/mol. The maximum absolute atomic E-state index is 12.0. The lowest BCUT2D eigenvalue weighted by atomic mass is 10.2. The van der Waals surface area contributed by atoms with Crippen molar-refractivity contribution in [2.45, 2.75) is 31.6 Å². The van der Waals surface area contributed by atoms with Crippen molar-refractivity contribution >= 4 is 15.9 Å². The molecule has 3 N–H and O–H groups in total. The Balaban J connectivity index is 1.86. The number of halogens is 3. The van der Waals surface area contributed by atoms with Crippen LogP contribution in [0.15, 0.2) is 24.3 Å². The van der Waals surface area contributed by atoms with Gasteiger partial charge in [0.2, 0.25) is 0 Å². The van der Waals surface area contributed by atoms with Gasteiger partial charge in [0.25, 0.3) is 10.2 Å². The van der Waals surface area contributed by atoms with Crippen molar-refractivity contribution < 1.29 is 21.6 Å². The van der Waals surface area contributed by atoms with E-state index < -0.39 is 22.9 Å². The fraction of sp³-hybridized carbons (Fsp3) is 0.500. The van der Waals surface area contributed by atoms with Crippen LogP contribution >= 0.6 is 0 Å². The molecule has 0 aromatic heterocycles.